The molecule has 12 atom stereocenters. The molecular weight excluding hydrogens is 900 g/mol. The lowest BCUT2D eigenvalue weighted by Crippen LogP contribution is -2.55. The number of carbonyl (C=O) groups is 3. The lowest BCUT2D eigenvalue weighted by Gasteiger charge is -2.36. The Bertz CT molecular complexity index is 1690. The summed E-state index contributed by atoms with van der Waals surface area (Å²) in [5, 5.41) is 78.4. The van der Waals surface area contributed by atoms with E-state index in [1.807, 2.05) is 6.92 Å². The number of carbonyl (C=O) groups excluding carboxylic acids is 3. The highest BCUT2D eigenvalue weighted by atomic mass is 31.2. The molecule has 1 aliphatic heterocycles. The van der Waals surface area contributed by atoms with Gasteiger partial charge in [0, 0.05) is 25.2 Å². The number of cyclic esters (lactones) is 1. The third-order valence-electron chi connectivity index (χ3n) is 11.6. The van der Waals surface area contributed by atoms with E-state index in [-0.39, 0.29) is 25.7 Å². The molecule has 1 heterocycles. The second kappa shape index (κ2) is 35.7. The molecule has 1 aliphatic carbocycles. The third kappa shape index (κ3) is 25.5. The summed E-state index contributed by atoms with van der Waals surface area (Å²) in [6, 6.07) is 0. The fourth-order valence-electron chi connectivity index (χ4n) is 7.55. The Balaban J connectivity index is 2.09. The standard InChI is InChI=1S/C51H81O16P/c1-3-5-7-8-9-10-11-12-13-14-15-16-17-18-19-20-21-22-27-31-44(55)64-36-39-37-65-68(62,63)67-51-49(60)47(58)41(34-33-38(52)29-25-6-4-2)43(54)35-42(53)40(46(57)48(59)50(51)61)30-26-23-24-28-32-45(56)66-39/h5,7,9-10,12-13,15-16,18-19,23,26,33-34,38-42,46-53,57-61H,3-4,6,8,11,14,17,20-22,24-25,27-32,35-37H2,1-2H3,(H,62,63)/b7-5-,10-9-,13-12-,16-15-,19-18-,26-23-,34-33+/t38-,39+,40-,41-,42-,46+,47+,48-,49+,50+,51+/m0/s1. The predicted molar refractivity (Wildman–Crippen MR) is 259 cm³/mol. The van der Waals surface area contributed by atoms with E-state index in [0.717, 1.165) is 70.3 Å². The second-order valence-electron chi connectivity index (χ2n) is 17.4. The molecule has 0 radical (unpaired) electrons. The van der Waals surface area contributed by atoms with Gasteiger partial charge in [0.05, 0.1) is 36.9 Å². The largest absolute Gasteiger partial charge is 0.472 e. The highest BCUT2D eigenvalue weighted by Gasteiger charge is 2.49. The summed E-state index contributed by atoms with van der Waals surface area (Å²) in [6.07, 6.45) is 18.9. The fourth-order valence-corrected chi connectivity index (χ4v) is 8.53. The molecular formula is C51H81O16P. The van der Waals surface area contributed by atoms with Gasteiger partial charge in [-0.2, -0.15) is 0 Å². The third-order valence-corrected chi connectivity index (χ3v) is 12.6. The van der Waals surface area contributed by atoms with Gasteiger partial charge in [-0.1, -0.05) is 125 Å². The molecule has 8 N–H and O–H groups in total. The maximum absolute atomic E-state index is 13.7. The minimum Gasteiger partial charge on any atom is -0.462 e. The number of rotatable bonds is 23. The Morgan fingerprint density at radius 2 is 1.43 bits per heavy atom. The lowest BCUT2D eigenvalue weighted by molar-refractivity contribution is -0.166. The van der Waals surface area contributed by atoms with Crippen molar-refractivity contribution in [1.29, 1.82) is 0 Å². The van der Waals surface area contributed by atoms with Gasteiger partial charge in [0.1, 0.15) is 36.8 Å². The van der Waals surface area contributed by atoms with Crippen molar-refractivity contribution in [3.05, 3.63) is 85.1 Å². The smallest absolute Gasteiger partial charge is 0.462 e. The van der Waals surface area contributed by atoms with E-state index >= 15 is 0 Å². The molecule has 0 aromatic heterocycles. The van der Waals surface area contributed by atoms with Crippen molar-refractivity contribution in [3.8, 4) is 0 Å². The van der Waals surface area contributed by atoms with Gasteiger partial charge < -0.3 is 50.1 Å². The van der Waals surface area contributed by atoms with Gasteiger partial charge in [0.25, 0.3) is 0 Å². The van der Waals surface area contributed by atoms with Crippen LogP contribution in [-0.4, -0.2) is 127 Å². The molecule has 1 fully saturated rings. The number of ether oxygens (including phenoxy) is 2. The van der Waals surface area contributed by atoms with Crippen LogP contribution < -0.4 is 0 Å². The topological polar surface area (TPSA) is 267 Å². The van der Waals surface area contributed by atoms with Crippen molar-refractivity contribution in [2.24, 2.45) is 11.8 Å². The number of allylic oxidation sites excluding steroid dienone is 12. The molecule has 1 saturated carbocycles. The maximum atomic E-state index is 13.7. The van der Waals surface area contributed by atoms with Crippen LogP contribution in [0.3, 0.4) is 0 Å². The van der Waals surface area contributed by atoms with Gasteiger partial charge in [0.2, 0.25) is 0 Å². The molecule has 17 heteroatoms. The van der Waals surface area contributed by atoms with E-state index in [1.165, 1.54) is 6.08 Å². The summed E-state index contributed by atoms with van der Waals surface area (Å²) in [5.41, 5.74) is 0. The second-order valence-corrected chi connectivity index (χ2v) is 18.8. The minimum atomic E-state index is -5.47. The average molecular weight is 981 g/mol. The van der Waals surface area contributed by atoms with Gasteiger partial charge in [-0.15, -0.1) is 0 Å². The zero-order valence-corrected chi connectivity index (χ0v) is 41.0. The molecule has 2 rings (SSSR count). The predicted octanol–water partition coefficient (Wildman–Crippen LogP) is 6.64. The number of Topliss-reactive ketones (excluding diaryl/α,β-unsaturated/α-hetero) is 1. The first-order valence-corrected chi connectivity index (χ1v) is 26.0. The zero-order valence-electron chi connectivity index (χ0n) is 40.1. The molecule has 68 heavy (non-hydrogen) atoms. The number of fused-ring (bicyclic) bond motifs is 4. The molecule has 0 saturated heterocycles. The molecule has 1 unspecified atom stereocenters. The first-order chi connectivity index (χ1) is 32.6. The summed E-state index contributed by atoms with van der Waals surface area (Å²) in [7, 11) is -5.47. The number of phosphoric ester groups is 1. The minimum absolute atomic E-state index is 0.0590. The number of aliphatic hydroxyl groups excluding tert-OH is 7. The van der Waals surface area contributed by atoms with Crippen molar-refractivity contribution in [2.75, 3.05) is 13.2 Å². The number of hydrogen-bond donors (Lipinski definition) is 8. The number of aliphatic hydroxyl groups is 7. The average Bonchev–Trinajstić information content (AvgIpc) is 3.31. The van der Waals surface area contributed by atoms with Crippen molar-refractivity contribution in [2.45, 2.75) is 191 Å². The van der Waals surface area contributed by atoms with Crippen molar-refractivity contribution in [3.63, 3.8) is 0 Å². The van der Waals surface area contributed by atoms with E-state index in [0.29, 0.717) is 25.7 Å². The number of ketones is 1. The highest BCUT2D eigenvalue weighted by molar-refractivity contribution is 7.47. The van der Waals surface area contributed by atoms with Crippen LogP contribution in [0.2, 0.25) is 0 Å². The van der Waals surface area contributed by atoms with Crippen molar-refractivity contribution < 1.29 is 78.1 Å². The van der Waals surface area contributed by atoms with Gasteiger partial charge in [-0.3, -0.25) is 23.4 Å². The summed E-state index contributed by atoms with van der Waals surface area (Å²) >= 11 is 0. The first kappa shape index (κ1) is 60.7. The SMILES string of the molecule is CC/C=C\C/C=C\C/C=C\C/C=C\C/C=C\CCCCCC(=O)OC[C@@H]1COP(=O)(O)O[C@H]2[C@H](O)[C@@H](O)[C@H](O)[C@@H](C/C=C\CCCC(=O)O1)[C@@H](O)CC(=O)[C@H](/C=C/[C@@H](O)CCCCC)[C@@H](O)[C@H]2O. The Hall–Kier alpha value is -3.38. The molecule has 0 spiro atoms. The van der Waals surface area contributed by atoms with Crippen LogP contribution >= 0.6 is 7.82 Å². The quantitative estimate of drug-likeness (QED) is 0.0231. The van der Waals surface area contributed by atoms with Crippen LogP contribution in [0.5, 0.6) is 0 Å². The van der Waals surface area contributed by atoms with Crippen LogP contribution in [0.15, 0.2) is 85.1 Å². The Kier molecular flexibility index (Phi) is 31.9. The van der Waals surface area contributed by atoms with Gasteiger partial charge >= 0.3 is 19.8 Å². The molecule has 386 valence electrons. The van der Waals surface area contributed by atoms with Crippen LogP contribution in [0.1, 0.15) is 136 Å². The Morgan fingerprint density at radius 3 is 2.07 bits per heavy atom. The van der Waals surface area contributed by atoms with E-state index in [4.69, 9.17) is 18.5 Å². The van der Waals surface area contributed by atoms with Crippen molar-refractivity contribution >= 4 is 25.5 Å². The number of esters is 2. The normalized spacial score (nSPS) is 31.0. The molecule has 2 aliphatic rings. The summed E-state index contributed by atoms with van der Waals surface area (Å²) in [5.74, 6) is -5.19. The Morgan fingerprint density at radius 1 is 0.794 bits per heavy atom. The van der Waals surface area contributed by atoms with E-state index in [9.17, 15) is 59.6 Å². The number of phosphoric acid groups is 1. The van der Waals surface area contributed by atoms with E-state index in [1.54, 1.807) is 12.2 Å². The number of hydrogen-bond acceptors (Lipinski definition) is 15. The number of unbranched alkanes of at least 4 members (excludes halogenated alkanes) is 5. The summed E-state index contributed by atoms with van der Waals surface area (Å²) < 4.78 is 34.6. The van der Waals surface area contributed by atoms with Gasteiger partial charge in [0.15, 0.2) is 6.10 Å². The van der Waals surface area contributed by atoms with Crippen LogP contribution in [0, 0.1) is 11.8 Å². The molecule has 2 bridgehead atoms. The summed E-state index contributed by atoms with van der Waals surface area (Å²) in [4.78, 5) is 50.1. The lowest BCUT2D eigenvalue weighted by atomic mass is 9.83. The summed E-state index contributed by atoms with van der Waals surface area (Å²) in [6.45, 7) is 2.65. The molecule has 16 nitrogen and oxygen atoms in total. The molecule has 0 aromatic carbocycles. The maximum Gasteiger partial charge on any atom is 0.472 e. The van der Waals surface area contributed by atoms with E-state index < -0.39 is 112 Å². The fraction of sp³-hybridized carbons (Fsp3) is 0.667. The van der Waals surface area contributed by atoms with Crippen LogP contribution in [-0.2, 0) is 37.5 Å². The van der Waals surface area contributed by atoms with Crippen molar-refractivity contribution in [1.82, 2.24) is 0 Å². The van der Waals surface area contributed by atoms with Gasteiger partial charge in [-0.25, -0.2) is 4.57 Å². The van der Waals surface area contributed by atoms with Crippen LogP contribution in [0.25, 0.3) is 0 Å². The molecule has 0 amide bonds. The monoisotopic (exact) mass is 981 g/mol. The Labute approximate surface area is 403 Å². The zero-order chi connectivity index (χ0) is 50.2. The van der Waals surface area contributed by atoms with E-state index in [2.05, 4.69) is 67.7 Å². The van der Waals surface area contributed by atoms with Crippen LogP contribution in [0.4, 0.5) is 0 Å². The highest BCUT2D eigenvalue weighted by Crippen LogP contribution is 2.47. The molecule has 0 aromatic rings. The van der Waals surface area contributed by atoms with Gasteiger partial charge in [-0.05, 0) is 77.0 Å². The first-order valence-electron chi connectivity index (χ1n) is 24.5.